The number of piperidine rings is 1. The largest absolute Gasteiger partial charge is 0.387 e. The maximum absolute atomic E-state index is 13.0. The van der Waals surface area contributed by atoms with Gasteiger partial charge in [-0.1, -0.05) is 18.6 Å². The average molecular weight is 336 g/mol. The molecule has 1 aromatic rings. The molecule has 6 heteroatoms. The van der Waals surface area contributed by atoms with Crippen molar-refractivity contribution in [2.75, 3.05) is 39.4 Å². The SMILES string of the molecule is O=C(C1CCCCN1CC(O)c1ccc(F)cc1)N1CCOCC1. The first-order valence-electron chi connectivity index (χ1n) is 8.69. The van der Waals surface area contributed by atoms with Gasteiger partial charge in [0.2, 0.25) is 5.91 Å². The molecule has 0 aliphatic carbocycles. The van der Waals surface area contributed by atoms with E-state index < -0.39 is 6.10 Å². The van der Waals surface area contributed by atoms with E-state index in [1.165, 1.54) is 12.1 Å². The van der Waals surface area contributed by atoms with Gasteiger partial charge in [0.1, 0.15) is 5.82 Å². The number of hydrogen-bond acceptors (Lipinski definition) is 4. The number of amides is 1. The van der Waals surface area contributed by atoms with Crippen LogP contribution in [0.2, 0.25) is 0 Å². The maximum atomic E-state index is 13.0. The van der Waals surface area contributed by atoms with Gasteiger partial charge in [-0.3, -0.25) is 9.69 Å². The fourth-order valence-electron chi connectivity index (χ4n) is 3.50. The lowest BCUT2D eigenvalue weighted by Crippen LogP contribution is -2.54. The molecule has 2 fully saturated rings. The first-order chi connectivity index (χ1) is 11.6. The molecule has 0 aromatic heterocycles. The average Bonchev–Trinajstić information content (AvgIpc) is 2.63. The number of halogens is 1. The molecule has 2 aliphatic heterocycles. The first-order valence-corrected chi connectivity index (χ1v) is 8.69. The molecule has 2 heterocycles. The Balaban J connectivity index is 1.65. The number of aliphatic hydroxyl groups is 1. The molecule has 3 rings (SSSR count). The molecule has 24 heavy (non-hydrogen) atoms. The van der Waals surface area contributed by atoms with Gasteiger partial charge in [0.05, 0.1) is 25.4 Å². The number of nitrogens with zero attached hydrogens (tertiary/aromatic N) is 2. The summed E-state index contributed by atoms with van der Waals surface area (Å²) in [5.74, 6) is -0.173. The molecule has 2 aliphatic rings. The third-order valence-corrected chi connectivity index (χ3v) is 4.88. The molecule has 2 unspecified atom stereocenters. The van der Waals surface area contributed by atoms with Crippen LogP contribution < -0.4 is 0 Å². The molecule has 5 nitrogen and oxygen atoms in total. The van der Waals surface area contributed by atoms with E-state index in [1.807, 2.05) is 4.90 Å². The number of benzene rings is 1. The highest BCUT2D eigenvalue weighted by Crippen LogP contribution is 2.23. The minimum Gasteiger partial charge on any atom is -0.387 e. The highest BCUT2D eigenvalue weighted by Gasteiger charge is 2.33. The number of aliphatic hydroxyl groups excluding tert-OH is 1. The summed E-state index contributed by atoms with van der Waals surface area (Å²) < 4.78 is 18.3. The summed E-state index contributed by atoms with van der Waals surface area (Å²) in [6.45, 7) is 3.67. The predicted octanol–water partition coefficient (Wildman–Crippen LogP) is 1.57. The lowest BCUT2D eigenvalue weighted by molar-refractivity contribution is -0.143. The van der Waals surface area contributed by atoms with Gasteiger partial charge in [-0.15, -0.1) is 0 Å². The van der Waals surface area contributed by atoms with Gasteiger partial charge in [0.25, 0.3) is 0 Å². The Hall–Kier alpha value is -1.50. The standard InChI is InChI=1S/C18H25FN2O3/c19-15-6-4-14(5-7-15)17(22)13-21-8-2-1-3-16(21)18(23)20-9-11-24-12-10-20/h4-7,16-17,22H,1-3,8-13H2. The first kappa shape index (κ1) is 17.3. The summed E-state index contributed by atoms with van der Waals surface area (Å²) >= 11 is 0. The fourth-order valence-corrected chi connectivity index (χ4v) is 3.50. The molecule has 132 valence electrons. The Morgan fingerprint density at radius 2 is 1.92 bits per heavy atom. The van der Waals surface area contributed by atoms with Crippen molar-refractivity contribution < 1.29 is 19.0 Å². The van der Waals surface area contributed by atoms with Crippen LogP contribution in [0.25, 0.3) is 0 Å². The van der Waals surface area contributed by atoms with Gasteiger partial charge in [0.15, 0.2) is 0 Å². The number of β-amino-alcohol motifs (C(OH)–C–C–N with tert-alkyl or cyclic N) is 1. The molecule has 0 radical (unpaired) electrons. The van der Waals surface area contributed by atoms with Crippen molar-refractivity contribution in [2.24, 2.45) is 0 Å². The van der Waals surface area contributed by atoms with E-state index >= 15 is 0 Å². The third-order valence-electron chi connectivity index (χ3n) is 4.88. The van der Waals surface area contributed by atoms with Crippen molar-refractivity contribution in [3.05, 3.63) is 35.6 Å². The van der Waals surface area contributed by atoms with Crippen molar-refractivity contribution >= 4 is 5.91 Å². The Labute approximate surface area is 142 Å². The van der Waals surface area contributed by atoms with Crippen LogP contribution >= 0.6 is 0 Å². The Kier molecular flexibility index (Phi) is 5.81. The Bertz CT molecular complexity index is 546. The van der Waals surface area contributed by atoms with Gasteiger partial charge in [-0.2, -0.15) is 0 Å². The number of morpholine rings is 1. The smallest absolute Gasteiger partial charge is 0.240 e. The minimum absolute atomic E-state index is 0.143. The summed E-state index contributed by atoms with van der Waals surface area (Å²) in [5, 5.41) is 10.5. The lowest BCUT2D eigenvalue weighted by Gasteiger charge is -2.39. The third kappa shape index (κ3) is 4.12. The zero-order valence-corrected chi connectivity index (χ0v) is 13.9. The summed E-state index contributed by atoms with van der Waals surface area (Å²) in [5.41, 5.74) is 0.680. The van der Waals surface area contributed by atoms with E-state index in [1.54, 1.807) is 12.1 Å². The summed E-state index contributed by atoms with van der Waals surface area (Å²) in [6, 6.07) is 5.73. The van der Waals surface area contributed by atoms with Crippen LogP contribution in [0.3, 0.4) is 0 Å². The molecule has 2 atom stereocenters. The fraction of sp³-hybridized carbons (Fsp3) is 0.611. The van der Waals surface area contributed by atoms with Gasteiger partial charge in [0, 0.05) is 19.6 Å². The molecular weight excluding hydrogens is 311 g/mol. The molecule has 1 amide bonds. The predicted molar refractivity (Wildman–Crippen MR) is 88.0 cm³/mol. The second-order valence-corrected chi connectivity index (χ2v) is 6.51. The number of ether oxygens (including phenoxy) is 1. The topological polar surface area (TPSA) is 53.0 Å². The number of likely N-dealkylation sites (tertiary alicyclic amines) is 1. The van der Waals surface area contributed by atoms with Crippen molar-refractivity contribution in [2.45, 2.75) is 31.4 Å². The molecule has 1 aromatic carbocycles. The van der Waals surface area contributed by atoms with E-state index in [0.717, 1.165) is 25.8 Å². The zero-order valence-electron chi connectivity index (χ0n) is 13.9. The van der Waals surface area contributed by atoms with E-state index in [2.05, 4.69) is 4.90 Å². The van der Waals surface area contributed by atoms with Crippen LogP contribution in [0, 0.1) is 5.82 Å². The maximum Gasteiger partial charge on any atom is 0.240 e. The summed E-state index contributed by atoms with van der Waals surface area (Å²) in [4.78, 5) is 16.8. The van der Waals surface area contributed by atoms with Gasteiger partial charge in [-0.25, -0.2) is 4.39 Å². The molecule has 0 spiro atoms. The molecule has 1 N–H and O–H groups in total. The second kappa shape index (κ2) is 8.05. The lowest BCUT2D eigenvalue weighted by atomic mass is 9.99. The van der Waals surface area contributed by atoms with Gasteiger partial charge < -0.3 is 14.7 Å². The highest BCUT2D eigenvalue weighted by atomic mass is 19.1. The van der Waals surface area contributed by atoms with Crippen LogP contribution in [0.4, 0.5) is 4.39 Å². The number of carbonyl (C=O) groups excluding carboxylic acids is 1. The quantitative estimate of drug-likeness (QED) is 0.907. The Morgan fingerprint density at radius 3 is 2.62 bits per heavy atom. The van der Waals surface area contributed by atoms with Crippen LogP contribution in [0.1, 0.15) is 30.9 Å². The number of carbonyl (C=O) groups is 1. The minimum atomic E-state index is -0.719. The van der Waals surface area contributed by atoms with Crippen molar-refractivity contribution in [3.8, 4) is 0 Å². The monoisotopic (exact) mass is 336 g/mol. The van der Waals surface area contributed by atoms with E-state index in [0.29, 0.717) is 38.4 Å². The number of hydrogen-bond donors (Lipinski definition) is 1. The molecule has 2 saturated heterocycles. The molecule has 0 bridgehead atoms. The van der Waals surface area contributed by atoms with Crippen molar-refractivity contribution in [3.63, 3.8) is 0 Å². The van der Waals surface area contributed by atoms with Crippen LogP contribution in [-0.2, 0) is 9.53 Å². The van der Waals surface area contributed by atoms with E-state index in [-0.39, 0.29) is 17.8 Å². The van der Waals surface area contributed by atoms with Crippen LogP contribution in [0.15, 0.2) is 24.3 Å². The summed E-state index contributed by atoms with van der Waals surface area (Å²) in [7, 11) is 0. The summed E-state index contributed by atoms with van der Waals surface area (Å²) in [6.07, 6.45) is 2.17. The van der Waals surface area contributed by atoms with Crippen LogP contribution in [0.5, 0.6) is 0 Å². The Morgan fingerprint density at radius 1 is 1.21 bits per heavy atom. The molecular formula is C18H25FN2O3. The van der Waals surface area contributed by atoms with Crippen LogP contribution in [-0.4, -0.2) is 66.2 Å². The second-order valence-electron chi connectivity index (χ2n) is 6.51. The normalized spacial score (nSPS) is 23.9. The van der Waals surface area contributed by atoms with E-state index in [9.17, 15) is 14.3 Å². The zero-order chi connectivity index (χ0) is 16.9. The number of rotatable bonds is 4. The van der Waals surface area contributed by atoms with Gasteiger partial charge >= 0.3 is 0 Å². The molecule has 0 saturated carbocycles. The van der Waals surface area contributed by atoms with Crippen molar-refractivity contribution in [1.82, 2.24) is 9.80 Å². The van der Waals surface area contributed by atoms with Gasteiger partial charge in [-0.05, 0) is 37.1 Å². The van der Waals surface area contributed by atoms with E-state index in [4.69, 9.17) is 4.74 Å². The highest BCUT2D eigenvalue weighted by molar-refractivity contribution is 5.82. The van der Waals surface area contributed by atoms with Crippen molar-refractivity contribution in [1.29, 1.82) is 0 Å².